The first-order chi connectivity index (χ1) is 12.9. The number of imide groups is 1. The van der Waals surface area contributed by atoms with E-state index in [4.69, 9.17) is 28.3 Å². The van der Waals surface area contributed by atoms with Crippen molar-refractivity contribution in [2.75, 3.05) is 12.4 Å². The lowest BCUT2D eigenvalue weighted by Crippen LogP contribution is -2.31. The Morgan fingerprint density at radius 2 is 1.81 bits per heavy atom. The zero-order valence-electron chi connectivity index (χ0n) is 13.9. The summed E-state index contributed by atoms with van der Waals surface area (Å²) in [6, 6.07) is 10.6. The molecule has 0 fully saturated rings. The highest BCUT2D eigenvalue weighted by Gasteiger charge is 2.40. The van der Waals surface area contributed by atoms with Crippen LogP contribution in [0.4, 0.5) is 4.39 Å². The second-order valence-corrected chi connectivity index (χ2v) is 7.64. The first-order valence-corrected chi connectivity index (χ1v) is 9.71. The van der Waals surface area contributed by atoms with Crippen molar-refractivity contribution in [3.8, 4) is 0 Å². The van der Waals surface area contributed by atoms with Crippen molar-refractivity contribution in [1.29, 1.82) is 0 Å². The number of carbonyl (C=O) groups excluding carboxylic acids is 2. The van der Waals surface area contributed by atoms with E-state index in [0.717, 1.165) is 16.7 Å². The summed E-state index contributed by atoms with van der Waals surface area (Å²) < 4.78 is 14.0. The van der Waals surface area contributed by atoms with Crippen LogP contribution in [0.15, 0.2) is 47.4 Å². The molecule has 3 rings (SSSR count). The smallest absolute Gasteiger partial charge is 0.268 e. The monoisotopic (exact) mass is 425 g/mol. The zero-order valence-corrected chi connectivity index (χ0v) is 16.2. The maximum atomic E-state index is 14.0. The van der Waals surface area contributed by atoms with Gasteiger partial charge in [-0.05, 0) is 18.2 Å². The maximum Gasteiger partial charge on any atom is 0.268 e. The number of amides is 2. The number of aliphatic hydroxyl groups excluding tert-OH is 1. The molecule has 1 heterocycles. The van der Waals surface area contributed by atoms with E-state index in [1.165, 1.54) is 24.3 Å². The first-order valence-electron chi connectivity index (χ1n) is 7.97. The number of halogens is 3. The first kappa shape index (κ1) is 19.9. The van der Waals surface area contributed by atoms with Gasteiger partial charge in [-0.2, -0.15) is 0 Å². The van der Waals surface area contributed by atoms with Crippen molar-refractivity contribution < 1.29 is 19.1 Å². The number of hydrogen-bond acceptors (Lipinski definition) is 4. The third-order valence-electron chi connectivity index (χ3n) is 3.95. The Bertz CT molecular complexity index is 948. The van der Waals surface area contributed by atoms with Crippen molar-refractivity contribution in [1.82, 2.24) is 4.90 Å². The average molecular weight is 426 g/mol. The fraction of sp³-hybridized carbons (Fsp3) is 0.158. The Kier molecular flexibility index (Phi) is 6.22. The Balaban J connectivity index is 2.02. The predicted octanol–water partition coefficient (Wildman–Crippen LogP) is 4.14. The van der Waals surface area contributed by atoms with Gasteiger partial charge in [0.1, 0.15) is 5.82 Å². The molecule has 2 amide bonds. The summed E-state index contributed by atoms with van der Waals surface area (Å²) >= 11 is 13.2. The molecule has 140 valence electrons. The largest absolute Gasteiger partial charge is 0.396 e. The molecule has 0 bridgehead atoms. The average Bonchev–Trinajstić information content (AvgIpc) is 2.86. The highest BCUT2D eigenvalue weighted by atomic mass is 35.5. The lowest BCUT2D eigenvalue weighted by atomic mass is 10.1. The molecule has 1 N–H and O–H groups in total. The number of rotatable bonds is 6. The molecule has 0 unspecified atom stereocenters. The lowest BCUT2D eigenvalue weighted by molar-refractivity contribution is -0.137. The van der Waals surface area contributed by atoms with Gasteiger partial charge in [-0.3, -0.25) is 14.5 Å². The number of thioether (sulfide) groups is 1. The maximum absolute atomic E-state index is 14.0. The molecule has 2 aromatic carbocycles. The molecule has 0 aliphatic carbocycles. The SMILES string of the molecule is O=C1C(SCCO)=C(c2ccc(Cl)cc2Cl)C(=O)N1Cc1ccccc1F. The Morgan fingerprint density at radius 3 is 2.48 bits per heavy atom. The van der Waals surface area contributed by atoms with Gasteiger partial charge >= 0.3 is 0 Å². The zero-order chi connectivity index (χ0) is 19.6. The molecule has 1 aliphatic rings. The third kappa shape index (κ3) is 4.04. The predicted molar refractivity (Wildman–Crippen MR) is 105 cm³/mol. The highest BCUT2D eigenvalue weighted by molar-refractivity contribution is 8.04. The van der Waals surface area contributed by atoms with Gasteiger partial charge in [0.2, 0.25) is 0 Å². The molecule has 27 heavy (non-hydrogen) atoms. The van der Waals surface area contributed by atoms with Gasteiger partial charge in [-0.25, -0.2) is 4.39 Å². The van der Waals surface area contributed by atoms with Crippen molar-refractivity contribution in [2.45, 2.75) is 6.54 Å². The molecule has 0 saturated heterocycles. The molecule has 0 aromatic heterocycles. The topological polar surface area (TPSA) is 57.6 Å². The molecular formula is C19H14Cl2FNO3S. The van der Waals surface area contributed by atoms with E-state index >= 15 is 0 Å². The summed E-state index contributed by atoms with van der Waals surface area (Å²) in [5, 5.41) is 9.74. The van der Waals surface area contributed by atoms with Crippen molar-refractivity contribution >= 4 is 52.4 Å². The molecule has 0 saturated carbocycles. The minimum Gasteiger partial charge on any atom is -0.396 e. The summed E-state index contributed by atoms with van der Waals surface area (Å²) in [6.45, 7) is -0.354. The fourth-order valence-corrected chi connectivity index (χ4v) is 4.08. The molecule has 8 heteroatoms. The molecule has 2 aromatic rings. The second-order valence-electron chi connectivity index (χ2n) is 5.69. The van der Waals surface area contributed by atoms with E-state index in [1.807, 2.05) is 0 Å². The van der Waals surface area contributed by atoms with Crippen LogP contribution in [0, 0.1) is 5.82 Å². The number of hydrogen-bond donors (Lipinski definition) is 1. The molecular weight excluding hydrogens is 412 g/mol. The number of aliphatic hydroxyl groups is 1. The van der Waals surface area contributed by atoms with Crippen molar-refractivity contribution in [3.05, 3.63) is 74.4 Å². The Morgan fingerprint density at radius 1 is 1.07 bits per heavy atom. The van der Waals surface area contributed by atoms with Crippen LogP contribution in [0.1, 0.15) is 11.1 Å². The van der Waals surface area contributed by atoms with Gasteiger partial charge in [-0.1, -0.05) is 47.5 Å². The molecule has 4 nitrogen and oxygen atoms in total. The summed E-state index contributed by atoms with van der Waals surface area (Å²) in [4.78, 5) is 27.0. The normalized spacial score (nSPS) is 14.4. The summed E-state index contributed by atoms with van der Waals surface area (Å²) in [5.74, 6) is -1.37. The number of carbonyl (C=O) groups is 2. The van der Waals surface area contributed by atoms with Gasteiger partial charge in [0.25, 0.3) is 11.8 Å². The van der Waals surface area contributed by atoms with E-state index in [9.17, 15) is 14.0 Å². The number of benzene rings is 2. The van der Waals surface area contributed by atoms with Gasteiger partial charge < -0.3 is 5.11 Å². The number of nitrogens with zero attached hydrogens (tertiary/aromatic N) is 1. The van der Waals surface area contributed by atoms with Crippen LogP contribution < -0.4 is 0 Å². The van der Waals surface area contributed by atoms with Crippen LogP contribution in [-0.2, 0) is 16.1 Å². The minimum atomic E-state index is -0.562. The van der Waals surface area contributed by atoms with E-state index in [-0.39, 0.29) is 40.0 Å². The van der Waals surface area contributed by atoms with E-state index in [2.05, 4.69) is 0 Å². The Labute approximate surface area is 169 Å². The highest BCUT2D eigenvalue weighted by Crippen LogP contribution is 2.39. The second kappa shape index (κ2) is 8.44. The van der Waals surface area contributed by atoms with Crippen molar-refractivity contribution in [2.24, 2.45) is 0 Å². The summed E-state index contributed by atoms with van der Waals surface area (Å²) in [6.07, 6.45) is 0. The minimum absolute atomic E-state index is 0.136. The molecule has 0 atom stereocenters. The lowest BCUT2D eigenvalue weighted by Gasteiger charge is -2.16. The van der Waals surface area contributed by atoms with Crippen LogP contribution in [0.5, 0.6) is 0 Å². The van der Waals surface area contributed by atoms with Gasteiger partial charge in [-0.15, -0.1) is 11.8 Å². The van der Waals surface area contributed by atoms with Gasteiger partial charge in [0, 0.05) is 21.9 Å². The van der Waals surface area contributed by atoms with Gasteiger partial charge in [0.15, 0.2) is 0 Å². The molecule has 0 radical (unpaired) electrons. The Hall–Kier alpha value is -1.86. The third-order valence-corrected chi connectivity index (χ3v) is 5.55. The van der Waals surface area contributed by atoms with Crippen molar-refractivity contribution in [3.63, 3.8) is 0 Å². The quantitative estimate of drug-likeness (QED) is 0.706. The van der Waals surface area contributed by atoms with Crippen LogP contribution in [0.2, 0.25) is 10.0 Å². The molecule has 0 spiro atoms. The van der Waals surface area contributed by atoms with Crippen LogP contribution >= 0.6 is 35.0 Å². The summed E-state index contributed by atoms with van der Waals surface area (Å²) in [5.41, 5.74) is 0.738. The van der Waals surface area contributed by atoms with E-state index in [1.54, 1.807) is 18.2 Å². The van der Waals surface area contributed by atoms with E-state index < -0.39 is 17.6 Å². The fourth-order valence-electron chi connectivity index (χ4n) is 2.71. The summed E-state index contributed by atoms with van der Waals surface area (Å²) in [7, 11) is 0. The standard InChI is InChI=1S/C19H14Cl2FNO3S/c20-12-5-6-13(14(21)9-12)16-17(27-8-7-24)19(26)23(18(16)25)10-11-3-1-2-4-15(11)22/h1-6,9,24H,7-8,10H2. The van der Waals surface area contributed by atoms with Crippen LogP contribution in [0.25, 0.3) is 5.57 Å². The van der Waals surface area contributed by atoms with Crippen LogP contribution in [-0.4, -0.2) is 34.2 Å². The molecule has 1 aliphatic heterocycles. The van der Waals surface area contributed by atoms with Crippen LogP contribution in [0.3, 0.4) is 0 Å². The van der Waals surface area contributed by atoms with Gasteiger partial charge in [0.05, 0.1) is 28.7 Å². The van der Waals surface area contributed by atoms with E-state index in [0.29, 0.717) is 10.6 Å².